The number of hydrogen-bond donors (Lipinski definition) is 1. The van der Waals surface area contributed by atoms with Gasteiger partial charge in [0.15, 0.2) is 0 Å². The molecule has 0 aromatic carbocycles. The van der Waals surface area contributed by atoms with E-state index in [1.54, 1.807) is 0 Å². The lowest BCUT2D eigenvalue weighted by molar-refractivity contribution is -0.195. The number of nitrogens with zero attached hydrogens (tertiary/aromatic N) is 3. The molecule has 25 heavy (non-hydrogen) atoms. The van der Waals surface area contributed by atoms with Crippen LogP contribution in [0.2, 0.25) is 0 Å². The summed E-state index contributed by atoms with van der Waals surface area (Å²) in [4.78, 5) is 12.5. The average Bonchev–Trinajstić information content (AvgIpc) is 2.94. The molecule has 1 amide bonds. The van der Waals surface area contributed by atoms with Crippen molar-refractivity contribution in [3.8, 4) is 0 Å². The van der Waals surface area contributed by atoms with Crippen molar-refractivity contribution in [2.24, 2.45) is 11.0 Å². The molecule has 0 radical (unpaired) electrons. The molecule has 0 bridgehead atoms. The Balaban J connectivity index is 2.25. The van der Waals surface area contributed by atoms with Crippen LogP contribution >= 0.6 is 0 Å². The highest BCUT2D eigenvalue weighted by atomic mass is 32.2. The summed E-state index contributed by atoms with van der Waals surface area (Å²) in [6.07, 6.45) is -7.36. The standard InChI is InChI=1S/C13H19F4N3O4S/c1-2-25(23,24)19-5-3-4-8(7-19)11(21)20-13(22,12(16)17)6-9(18-20)10(14)15/h8,10,12,22H,2-7H2,1H3. The monoisotopic (exact) mass is 389 g/mol. The zero-order valence-corrected chi connectivity index (χ0v) is 14.2. The summed E-state index contributed by atoms with van der Waals surface area (Å²) < 4.78 is 76.9. The van der Waals surface area contributed by atoms with Gasteiger partial charge in [-0.2, -0.15) is 10.1 Å². The van der Waals surface area contributed by atoms with Crippen LogP contribution in [0.1, 0.15) is 26.2 Å². The normalized spacial score (nSPS) is 28.7. The van der Waals surface area contributed by atoms with Gasteiger partial charge in [-0.25, -0.2) is 30.3 Å². The Bertz CT molecular complexity index is 658. The average molecular weight is 389 g/mol. The van der Waals surface area contributed by atoms with E-state index < -0.39 is 52.6 Å². The minimum Gasteiger partial charge on any atom is -0.364 e. The number of hydrazone groups is 1. The number of alkyl halides is 4. The van der Waals surface area contributed by atoms with Crippen LogP contribution in [-0.4, -0.2) is 71.9 Å². The summed E-state index contributed by atoms with van der Waals surface area (Å²) >= 11 is 0. The van der Waals surface area contributed by atoms with Gasteiger partial charge in [-0.1, -0.05) is 0 Å². The summed E-state index contributed by atoms with van der Waals surface area (Å²) in [5.41, 5.74) is -4.15. The van der Waals surface area contributed by atoms with Gasteiger partial charge in [0, 0.05) is 19.5 Å². The number of piperidine rings is 1. The molecule has 0 aromatic rings. The molecule has 1 fully saturated rings. The highest BCUT2D eigenvalue weighted by Gasteiger charge is 2.54. The third-order valence-corrected chi connectivity index (χ3v) is 6.19. The number of sulfonamides is 1. The second-order valence-electron chi connectivity index (χ2n) is 6.00. The lowest BCUT2D eigenvalue weighted by Crippen LogP contribution is -2.55. The van der Waals surface area contributed by atoms with E-state index in [9.17, 15) is 35.9 Å². The fourth-order valence-electron chi connectivity index (χ4n) is 2.87. The SMILES string of the molecule is CCS(=O)(=O)N1CCCC(C(=O)N2N=C(C(F)F)CC2(O)C(F)F)C1. The van der Waals surface area contributed by atoms with Crippen LogP contribution in [0.3, 0.4) is 0 Å². The molecule has 7 nitrogen and oxygen atoms in total. The van der Waals surface area contributed by atoms with Gasteiger partial charge in [0.2, 0.25) is 21.7 Å². The van der Waals surface area contributed by atoms with E-state index in [1.807, 2.05) is 0 Å². The molecule has 2 heterocycles. The maximum atomic E-state index is 13.2. The first-order valence-electron chi connectivity index (χ1n) is 7.71. The van der Waals surface area contributed by atoms with Gasteiger partial charge in [-0.05, 0) is 19.8 Å². The van der Waals surface area contributed by atoms with E-state index >= 15 is 0 Å². The highest BCUT2D eigenvalue weighted by Crippen LogP contribution is 2.35. The lowest BCUT2D eigenvalue weighted by atomic mass is 9.97. The Labute approximate surface area is 142 Å². The van der Waals surface area contributed by atoms with Crippen LogP contribution in [0.15, 0.2) is 5.10 Å². The van der Waals surface area contributed by atoms with Crippen LogP contribution in [-0.2, 0) is 14.8 Å². The molecule has 2 rings (SSSR count). The van der Waals surface area contributed by atoms with Gasteiger partial charge in [0.1, 0.15) is 5.71 Å². The number of carbonyl (C=O) groups excluding carboxylic acids is 1. The van der Waals surface area contributed by atoms with Gasteiger partial charge in [0.05, 0.1) is 11.7 Å². The predicted molar refractivity (Wildman–Crippen MR) is 79.6 cm³/mol. The molecule has 0 aliphatic carbocycles. The predicted octanol–water partition coefficient (Wildman–Crippen LogP) is 0.855. The van der Waals surface area contributed by atoms with Gasteiger partial charge >= 0.3 is 0 Å². The number of carbonyl (C=O) groups is 1. The van der Waals surface area contributed by atoms with E-state index in [1.165, 1.54) is 6.92 Å². The fourth-order valence-corrected chi connectivity index (χ4v) is 4.05. The molecule has 2 unspecified atom stereocenters. The molecule has 2 aliphatic rings. The van der Waals surface area contributed by atoms with Gasteiger partial charge in [-0.3, -0.25) is 4.79 Å². The summed E-state index contributed by atoms with van der Waals surface area (Å²) in [7, 11) is -3.58. The molecule has 1 saturated heterocycles. The number of amides is 1. The van der Waals surface area contributed by atoms with Crippen LogP contribution in [0.5, 0.6) is 0 Å². The van der Waals surface area contributed by atoms with Crippen LogP contribution in [0.4, 0.5) is 17.6 Å². The number of hydrogen-bond acceptors (Lipinski definition) is 5. The molecular formula is C13H19F4N3O4S. The summed E-state index contributed by atoms with van der Waals surface area (Å²) in [5, 5.41) is 13.2. The molecule has 0 saturated carbocycles. The summed E-state index contributed by atoms with van der Waals surface area (Å²) in [6, 6.07) is 0. The Morgan fingerprint density at radius 1 is 1.40 bits per heavy atom. The van der Waals surface area contributed by atoms with Crippen molar-refractivity contribution in [1.82, 2.24) is 9.31 Å². The van der Waals surface area contributed by atoms with E-state index in [-0.39, 0.29) is 30.3 Å². The van der Waals surface area contributed by atoms with Crippen LogP contribution in [0.25, 0.3) is 0 Å². The van der Waals surface area contributed by atoms with Crippen molar-refractivity contribution in [3.63, 3.8) is 0 Å². The van der Waals surface area contributed by atoms with Crippen molar-refractivity contribution in [2.75, 3.05) is 18.8 Å². The zero-order valence-electron chi connectivity index (χ0n) is 13.4. The molecule has 2 atom stereocenters. The molecule has 0 aromatic heterocycles. The second kappa shape index (κ2) is 7.16. The quantitative estimate of drug-likeness (QED) is 0.706. The van der Waals surface area contributed by atoms with Crippen LogP contribution < -0.4 is 0 Å². The Kier molecular flexibility index (Phi) is 5.74. The Morgan fingerprint density at radius 2 is 2.04 bits per heavy atom. The smallest absolute Gasteiger partial charge is 0.287 e. The molecule has 144 valence electrons. The number of halogens is 4. The highest BCUT2D eigenvalue weighted by molar-refractivity contribution is 7.89. The Morgan fingerprint density at radius 3 is 2.56 bits per heavy atom. The van der Waals surface area contributed by atoms with E-state index in [2.05, 4.69) is 5.10 Å². The van der Waals surface area contributed by atoms with Gasteiger partial charge < -0.3 is 5.11 Å². The first-order valence-corrected chi connectivity index (χ1v) is 9.31. The lowest BCUT2D eigenvalue weighted by Gasteiger charge is -2.36. The molecular weight excluding hydrogens is 370 g/mol. The molecule has 1 N–H and O–H groups in total. The van der Waals surface area contributed by atoms with E-state index in [0.29, 0.717) is 6.42 Å². The number of rotatable bonds is 5. The zero-order chi connectivity index (χ0) is 19.0. The first kappa shape index (κ1) is 20.0. The fraction of sp³-hybridized carbons (Fsp3) is 0.846. The summed E-state index contributed by atoms with van der Waals surface area (Å²) in [6.45, 7) is 1.35. The minimum atomic E-state index is -3.58. The van der Waals surface area contributed by atoms with Crippen molar-refractivity contribution >= 4 is 21.6 Å². The maximum Gasteiger partial charge on any atom is 0.287 e. The van der Waals surface area contributed by atoms with Crippen molar-refractivity contribution in [2.45, 2.75) is 44.8 Å². The van der Waals surface area contributed by atoms with Crippen molar-refractivity contribution in [3.05, 3.63) is 0 Å². The van der Waals surface area contributed by atoms with Gasteiger partial charge in [0.25, 0.3) is 12.9 Å². The Hall–Kier alpha value is -1.27. The molecule has 0 spiro atoms. The topological polar surface area (TPSA) is 90.3 Å². The molecule has 2 aliphatic heterocycles. The number of aliphatic hydroxyl groups is 1. The van der Waals surface area contributed by atoms with E-state index in [0.717, 1.165) is 4.31 Å². The third-order valence-electron chi connectivity index (χ3n) is 4.34. The maximum absolute atomic E-state index is 13.2. The van der Waals surface area contributed by atoms with Crippen molar-refractivity contribution < 1.29 is 35.9 Å². The summed E-state index contributed by atoms with van der Waals surface area (Å²) in [5.74, 6) is -2.32. The first-order chi connectivity index (χ1) is 11.5. The second-order valence-corrected chi connectivity index (χ2v) is 8.25. The minimum absolute atomic E-state index is 0.00584. The molecule has 12 heteroatoms. The van der Waals surface area contributed by atoms with E-state index in [4.69, 9.17) is 0 Å². The van der Waals surface area contributed by atoms with Crippen LogP contribution in [0, 0.1) is 5.92 Å². The van der Waals surface area contributed by atoms with Crippen molar-refractivity contribution in [1.29, 1.82) is 0 Å². The largest absolute Gasteiger partial charge is 0.364 e. The van der Waals surface area contributed by atoms with Gasteiger partial charge in [-0.15, -0.1) is 0 Å². The third kappa shape index (κ3) is 3.80.